The third-order valence-corrected chi connectivity index (χ3v) is 4.91. The van der Waals surface area contributed by atoms with Gasteiger partial charge in [0.25, 0.3) is 0 Å². The van der Waals surface area contributed by atoms with Crippen molar-refractivity contribution in [3.05, 3.63) is 23.8 Å². The van der Waals surface area contributed by atoms with Gasteiger partial charge in [-0.1, -0.05) is 25.8 Å². The van der Waals surface area contributed by atoms with Gasteiger partial charge in [-0.25, -0.2) is 0 Å². The Kier molecular flexibility index (Phi) is 5.15. The number of methoxy groups -OCH3 is 2. The van der Waals surface area contributed by atoms with E-state index in [2.05, 4.69) is 6.92 Å². The first-order chi connectivity index (χ1) is 9.96. The zero-order valence-corrected chi connectivity index (χ0v) is 13.7. The summed E-state index contributed by atoms with van der Waals surface area (Å²) in [5, 5.41) is 10.9. The van der Waals surface area contributed by atoms with Crippen LogP contribution < -0.4 is 9.47 Å². The summed E-state index contributed by atoms with van der Waals surface area (Å²) in [6, 6.07) is 5.90. The predicted molar refractivity (Wildman–Crippen MR) is 85.0 cm³/mol. The molecule has 1 unspecified atom stereocenters. The molecule has 1 N–H and O–H groups in total. The zero-order chi connectivity index (χ0) is 15.5. The number of hydrogen-bond acceptors (Lipinski definition) is 3. The van der Waals surface area contributed by atoms with Crippen molar-refractivity contribution >= 4 is 0 Å². The largest absolute Gasteiger partial charge is 0.493 e. The maximum Gasteiger partial charge on any atom is 0.160 e. The molecule has 0 radical (unpaired) electrons. The molecule has 0 amide bonds. The molecule has 0 saturated heterocycles. The van der Waals surface area contributed by atoms with Gasteiger partial charge in [0.1, 0.15) is 0 Å². The summed E-state index contributed by atoms with van der Waals surface area (Å²) >= 11 is 0. The lowest BCUT2D eigenvalue weighted by Gasteiger charge is -2.37. The number of rotatable bonds is 5. The molecule has 1 fully saturated rings. The molecule has 1 aliphatic carbocycles. The average Bonchev–Trinajstić information content (AvgIpc) is 2.47. The standard InChI is InChI=1S/C18H28O3/c1-13-5-8-15(9-6-13)18(2,19)12-14-7-10-16(20-3)17(11-14)21-4/h7,10-11,13,15,19H,5-6,8-9,12H2,1-4H3. The Morgan fingerprint density at radius 1 is 1.10 bits per heavy atom. The Bertz CT molecular complexity index is 460. The first kappa shape index (κ1) is 16.2. The van der Waals surface area contributed by atoms with Crippen LogP contribution in [0.1, 0.15) is 45.1 Å². The maximum atomic E-state index is 10.9. The average molecular weight is 292 g/mol. The zero-order valence-electron chi connectivity index (χ0n) is 13.7. The van der Waals surface area contributed by atoms with E-state index < -0.39 is 5.60 Å². The van der Waals surface area contributed by atoms with E-state index in [1.807, 2.05) is 25.1 Å². The number of aliphatic hydroxyl groups is 1. The van der Waals surface area contributed by atoms with Crippen LogP contribution in [0, 0.1) is 11.8 Å². The summed E-state index contributed by atoms with van der Waals surface area (Å²) in [6.45, 7) is 4.28. The molecule has 21 heavy (non-hydrogen) atoms. The van der Waals surface area contributed by atoms with Crippen LogP contribution in [-0.4, -0.2) is 24.9 Å². The van der Waals surface area contributed by atoms with Gasteiger partial charge >= 0.3 is 0 Å². The Morgan fingerprint density at radius 2 is 1.71 bits per heavy atom. The van der Waals surface area contributed by atoms with E-state index in [4.69, 9.17) is 9.47 Å². The molecule has 1 aromatic rings. The SMILES string of the molecule is COc1ccc(CC(C)(O)C2CCC(C)CC2)cc1OC. The summed E-state index contributed by atoms with van der Waals surface area (Å²) in [4.78, 5) is 0. The van der Waals surface area contributed by atoms with Crippen LogP contribution in [0.2, 0.25) is 0 Å². The van der Waals surface area contributed by atoms with Gasteiger partial charge in [-0.2, -0.15) is 0 Å². The predicted octanol–water partition coefficient (Wildman–Crippen LogP) is 3.82. The molecular formula is C18H28O3. The fraction of sp³-hybridized carbons (Fsp3) is 0.667. The summed E-state index contributed by atoms with van der Waals surface area (Å²) in [6.07, 6.45) is 5.37. The smallest absolute Gasteiger partial charge is 0.160 e. The first-order valence-corrected chi connectivity index (χ1v) is 7.89. The van der Waals surface area contributed by atoms with Crippen molar-refractivity contribution in [1.82, 2.24) is 0 Å². The molecule has 3 heteroatoms. The van der Waals surface area contributed by atoms with Gasteiger partial charge in [-0.05, 0) is 49.3 Å². The molecule has 0 bridgehead atoms. The Labute approximate surface area is 128 Å². The molecule has 0 spiro atoms. The first-order valence-electron chi connectivity index (χ1n) is 7.89. The summed E-state index contributed by atoms with van der Waals surface area (Å²) in [5.74, 6) is 2.65. The van der Waals surface area contributed by atoms with Crippen LogP contribution in [0.4, 0.5) is 0 Å². The van der Waals surface area contributed by atoms with E-state index in [0.29, 0.717) is 12.3 Å². The Hall–Kier alpha value is -1.22. The van der Waals surface area contributed by atoms with Crippen LogP contribution >= 0.6 is 0 Å². The Morgan fingerprint density at radius 3 is 2.29 bits per heavy atom. The summed E-state index contributed by atoms with van der Waals surface area (Å²) in [5.41, 5.74) is 0.441. The van der Waals surface area contributed by atoms with Crippen molar-refractivity contribution in [2.24, 2.45) is 11.8 Å². The minimum Gasteiger partial charge on any atom is -0.493 e. The number of hydrogen-bond donors (Lipinski definition) is 1. The van der Waals surface area contributed by atoms with Crippen molar-refractivity contribution < 1.29 is 14.6 Å². The fourth-order valence-corrected chi connectivity index (χ4v) is 3.43. The lowest BCUT2D eigenvalue weighted by atomic mass is 9.72. The molecule has 0 aliphatic heterocycles. The fourth-order valence-electron chi connectivity index (χ4n) is 3.43. The van der Waals surface area contributed by atoms with E-state index in [0.717, 1.165) is 35.8 Å². The molecule has 0 heterocycles. The van der Waals surface area contributed by atoms with Crippen LogP contribution in [0.25, 0.3) is 0 Å². The minimum absolute atomic E-state index is 0.391. The number of ether oxygens (including phenoxy) is 2. The van der Waals surface area contributed by atoms with Crippen molar-refractivity contribution in [3.8, 4) is 11.5 Å². The van der Waals surface area contributed by atoms with Crippen molar-refractivity contribution in [2.45, 2.75) is 51.6 Å². The van der Waals surface area contributed by atoms with E-state index in [1.54, 1.807) is 14.2 Å². The molecule has 0 aromatic heterocycles. The highest BCUT2D eigenvalue weighted by molar-refractivity contribution is 5.43. The lowest BCUT2D eigenvalue weighted by Crippen LogP contribution is -2.39. The molecule has 2 rings (SSSR count). The van der Waals surface area contributed by atoms with Crippen LogP contribution in [-0.2, 0) is 6.42 Å². The molecule has 3 nitrogen and oxygen atoms in total. The third-order valence-electron chi connectivity index (χ3n) is 4.91. The lowest BCUT2D eigenvalue weighted by molar-refractivity contribution is -0.0209. The highest BCUT2D eigenvalue weighted by atomic mass is 16.5. The third kappa shape index (κ3) is 3.91. The maximum absolute atomic E-state index is 10.9. The molecule has 118 valence electrons. The van der Waals surface area contributed by atoms with E-state index >= 15 is 0 Å². The monoisotopic (exact) mass is 292 g/mol. The highest BCUT2D eigenvalue weighted by Gasteiger charge is 2.34. The van der Waals surface area contributed by atoms with E-state index in [1.165, 1.54) is 12.8 Å². The summed E-state index contributed by atoms with van der Waals surface area (Å²) < 4.78 is 10.6. The molecule has 1 aromatic carbocycles. The molecule has 1 aliphatic rings. The normalized spacial score (nSPS) is 25.2. The highest BCUT2D eigenvalue weighted by Crippen LogP contribution is 2.38. The quantitative estimate of drug-likeness (QED) is 0.896. The second-order valence-corrected chi connectivity index (χ2v) is 6.68. The van der Waals surface area contributed by atoms with Gasteiger partial charge in [0.2, 0.25) is 0 Å². The van der Waals surface area contributed by atoms with Crippen molar-refractivity contribution in [1.29, 1.82) is 0 Å². The number of benzene rings is 1. The summed E-state index contributed by atoms with van der Waals surface area (Å²) in [7, 11) is 3.28. The molecular weight excluding hydrogens is 264 g/mol. The second-order valence-electron chi connectivity index (χ2n) is 6.68. The van der Waals surface area contributed by atoms with Crippen LogP contribution in [0.5, 0.6) is 11.5 Å². The van der Waals surface area contributed by atoms with Crippen molar-refractivity contribution in [3.63, 3.8) is 0 Å². The van der Waals surface area contributed by atoms with E-state index in [9.17, 15) is 5.11 Å². The van der Waals surface area contributed by atoms with Gasteiger partial charge in [-0.3, -0.25) is 0 Å². The topological polar surface area (TPSA) is 38.7 Å². The van der Waals surface area contributed by atoms with Crippen LogP contribution in [0.15, 0.2) is 18.2 Å². The van der Waals surface area contributed by atoms with Gasteiger partial charge in [-0.15, -0.1) is 0 Å². The van der Waals surface area contributed by atoms with Crippen LogP contribution in [0.3, 0.4) is 0 Å². The van der Waals surface area contributed by atoms with Gasteiger partial charge in [0.05, 0.1) is 19.8 Å². The van der Waals surface area contributed by atoms with Gasteiger partial charge in [0, 0.05) is 6.42 Å². The van der Waals surface area contributed by atoms with Gasteiger partial charge < -0.3 is 14.6 Å². The molecule has 1 saturated carbocycles. The Balaban J connectivity index is 2.09. The molecule has 1 atom stereocenters. The van der Waals surface area contributed by atoms with E-state index in [-0.39, 0.29) is 0 Å². The van der Waals surface area contributed by atoms with Gasteiger partial charge in [0.15, 0.2) is 11.5 Å². The second kappa shape index (κ2) is 6.69. The van der Waals surface area contributed by atoms with Crippen molar-refractivity contribution in [2.75, 3.05) is 14.2 Å². The minimum atomic E-state index is -0.653.